The van der Waals surface area contributed by atoms with Crippen LogP contribution in [0.2, 0.25) is 0 Å². The van der Waals surface area contributed by atoms with E-state index in [-0.39, 0.29) is 30.7 Å². The van der Waals surface area contributed by atoms with Gasteiger partial charge in [0.1, 0.15) is 41.3 Å². The van der Waals surface area contributed by atoms with Crippen molar-refractivity contribution in [1.29, 1.82) is 5.26 Å². The Morgan fingerprint density at radius 3 is 2.75 bits per heavy atom. The number of hydrogen-bond acceptors (Lipinski definition) is 11. The summed E-state index contributed by atoms with van der Waals surface area (Å²) < 4.78 is 33.1. The molecule has 6 atom stereocenters. The highest BCUT2D eigenvalue weighted by molar-refractivity contribution is 7.52. The van der Waals surface area contributed by atoms with Gasteiger partial charge in [0.2, 0.25) is 0 Å². The molecule has 0 radical (unpaired) electrons. The number of esters is 1. The van der Waals surface area contributed by atoms with Crippen LogP contribution in [0.3, 0.4) is 0 Å². The molecule has 0 saturated heterocycles. The van der Waals surface area contributed by atoms with Gasteiger partial charge in [-0.25, -0.2) is 14.1 Å². The Morgan fingerprint density at radius 1 is 1.23 bits per heavy atom. The van der Waals surface area contributed by atoms with Gasteiger partial charge in [0.05, 0.1) is 24.5 Å². The minimum atomic E-state index is -4.31. The van der Waals surface area contributed by atoms with E-state index in [1.54, 1.807) is 30.3 Å². The highest BCUT2D eigenvalue weighted by Gasteiger charge is 2.56. The standard InChI is InChI=1S/C30H33N6O7P/c1-18(29(39)42-21-8-5-9-21)35-44(40,43-24-11-4-7-19-6-2-3-10-22(19)24)41-15-20-14-30(16-31,27(38)26(20)37)25-13-12-23-28(32)33-17-34-36(23)25/h2-4,6-7,10-13,17-18,20-21,26-27,37-38H,5,8-9,14-15H2,1H3,(H,35,40)(H2,32,33,34)/t18-,20+,26+,27+,30+,44?/m0/s1. The van der Waals surface area contributed by atoms with Gasteiger partial charge < -0.3 is 25.2 Å². The zero-order chi connectivity index (χ0) is 31.1. The zero-order valence-corrected chi connectivity index (χ0v) is 24.8. The molecule has 0 aliphatic heterocycles. The number of hydrogen-bond donors (Lipinski definition) is 4. The zero-order valence-electron chi connectivity index (χ0n) is 23.9. The van der Waals surface area contributed by atoms with Gasteiger partial charge in [-0.2, -0.15) is 15.4 Å². The summed E-state index contributed by atoms with van der Waals surface area (Å²) in [7, 11) is -4.31. The summed E-state index contributed by atoms with van der Waals surface area (Å²) in [4.78, 5) is 16.7. The molecule has 2 aliphatic carbocycles. The number of carbonyl (C=O) groups excluding carboxylic acids is 1. The molecule has 2 aromatic carbocycles. The van der Waals surface area contributed by atoms with E-state index in [1.807, 2.05) is 24.3 Å². The Hall–Kier alpha value is -4.05. The average molecular weight is 621 g/mol. The molecule has 2 aromatic heterocycles. The normalized spacial score (nSPS) is 25.6. The molecule has 1 unspecified atom stereocenters. The lowest BCUT2D eigenvalue weighted by Crippen LogP contribution is -2.40. The minimum absolute atomic E-state index is 0.0601. The summed E-state index contributed by atoms with van der Waals surface area (Å²) >= 11 is 0. The first-order valence-corrected chi connectivity index (χ1v) is 15.9. The molecule has 14 heteroatoms. The topological polar surface area (TPSA) is 194 Å². The largest absolute Gasteiger partial charge is 0.461 e. The maximum absolute atomic E-state index is 14.3. The number of nitrogen functional groups attached to an aromatic ring is 1. The molecular weight excluding hydrogens is 587 g/mol. The molecule has 2 aliphatic rings. The fourth-order valence-corrected chi connectivity index (χ4v) is 7.38. The van der Waals surface area contributed by atoms with Gasteiger partial charge in [0.15, 0.2) is 5.82 Å². The summed E-state index contributed by atoms with van der Waals surface area (Å²) in [6.07, 6.45) is 0.573. The van der Waals surface area contributed by atoms with Crippen LogP contribution in [0, 0.1) is 17.2 Å². The monoisotopic (exact) mass is 620 g/mol. The van der Waals surface area contributed by atoms with Crippen LogP contribution in [-0.4, -0.2) is 61.7 Å². The Kier molecular flexibility index (Phi) is 8.04. The van der Waals surface area contributed by atoms with Gasteiger partial charge >= 0.3 is 13.7 Å². The van der Waals surface area contributed by atoms with E-state index in [0.717, 1.165) is 24.6 Å². The van der Waals surface area contributed by atoms with Crippen molar-refractivity contribution in [3.8, 4) is 11.8 Å². The first-order valence-electron chi connectivity index (χ1n) is 14.4. The van der Waals surface area contributed by atoms with Gasteiger partial charge in [-0.15, -0.1) is 0 Å². The number of fused-ring (bicyclic) bond motifs is 2. The Balaban J connectivity index is 1.26. The third-order valence-electron chi connectivity index (χ3n) is 8.50. The van der Waals surface area contributed by atoms with Gasteiger partial charge in [-0.1, -0.05) is 36.4 Å². The highest BCUT2D eigenvalue weighted by Crippen LogP contribution is 2.50. The van der Waals surface area contributed by atoms with E-state index in [2.05, 4.69) is 21.2 Å². The van der Waals surface area contributed by atoms with Crippen LogP contribution in [0.1, 0.15) is 38.3 Å². The predicted molar refractivity (Wildman–Crippen MR) is 159 cm³/mol. The number of rotatable bonds is 10. The summed E-state index contributed by atoms with van der Waals surface area (Å²) in [6.45, 7) is 1.13. The van der Waals surface area contributed by atoms with Crippen LogP contribution in [0.15, 0.2) is 60.9 Å². The van der Waals surface area contributed by atoms with Crippen LogP contribution in [-0.2, 0) is 24.0 Å². The molecular formula is C30H33N6O7P. The summed E-state index contributed by atoms with van der Waals surface area (Å²) in [5.74, 6) is -0.997. The summed E-state index contributed by atoms with van der Waals surface area (Å²) in [5, 5.41) is 41.0. The predicted octanol–water partition coefficient (Wildman–Crippen LogP) is 3.25. The average Bonchev–Trinajstić information content (AvgIpc) is 3.54. The number of aromatic nitrogens is 3. The molecule has 0 bridgehead atoms. The molecule has 0 amide bonds. The fourth-order valence-electron chi connectivity index (χ4n) is 5.81. The van der Waals surface area contributed by atoms with Crippen LogP contribution < -0.4 is 15.3 Å². The number of nitriles is 1. The van der Waals surface area contributed by atoms with Crippen LogP contribution in [0.25, 0.3) is 16.3 Å². The maximum atomic E-state index is 14.3. The summed E-state index contributed by atoms with van der Waals surface area (Å²) in [6, 6.07) is 17.0. The van der Waals surface area contributed by atoms with Gasteiger partial charge in [-0.3, -0.25) is 9.32 Å². The SMILES string of the molecule is C[C@H](NP(=O)(OC[C@H]1C[C@@](C#N)(c2ccc3c(N)ncnn23)[C@H](O)[C@@H]1O)Oc1cccc2ccccc12)C(=O)OC1CCC1. The number of aliphatic hydroxyl groups excluding tert-OH is 2. The first-order chi connectivity index (χ1) is 21.1. The van der Waals surface area contributed by atoms with E-state index in [9.17, 15) is 24.8 Å². The number of aliphatic hydroxyl groups is 2. The van der Waals surface area contributed by atoms with E-state index in [4.69, 9.17) is 19.5 Å². The van der Waals surface area contributed by atoms with Crippen LogP contribution in [0.5, 0.6) is 5.75 Å². The van der Waals surface area contributed by atoms with Gasteiger partial charge in [-0.05, 0) is 56.2 Å². The Bertz CT molecular complexity index is 1780. The second kappa shape index (κ2) is 11.8. The molecule has 230 valence electrons. The molecule has 44 heavy (non-hydrogen) atoms. The minimum Gasteiger partial charge on any atom is -0.461 e. The smallest absolute Gasteiger partial charge is 0.459 e. The summed E-state index contributed by atoms with van der Waals surface area (Å²) in [5.41, 5.74) is 5.14. The highest BCUT2D eigenvalue weighted by atomic mass is 31.2. The number of nitrogens with zero attached hydrogens (tertiary/aromatic N) is 4. The number of ether oxygens (including phenoxy) is 1. The van der Waals surface area contributed by atoms with Crippen LogP contribution in [0.4, 0.5) is 5.82 Å². The quantitative estimate of drug-likeness (QED) is 0.150. The molecule has 13 nitrogen and oxygen atoms in total. The van der Waals surface area contributed by atoms with Crippen molar-refractivity contribution in [3.63, 3.8) is 0 Å². The fraction of sp³-hybridized carbons (Fsp3) is 0.400. The lowest BCUT2D eigenvalue weighted by atomic mass is 9.81. The number of nitrogens with two attached hydrogens (primary N) is 1. The van der Waals surface area contributed by atoms with E-state index in [0.29, 0.717) is 16.6 Å². The molecule has 2 saturated carbocycles. The lowest BCUT2D eigenvalue weighted by Gasteiger charge is -2.28. The molecule has 4 aromatic rings. The molecule has 6 rings (SSSR count). The van der Waals surface area contributed by atoms with E-state index in [1.165, 1.54) is 17.8 Å². The molecule has 5 N–H and O–H groups in total. The van der Waals surface area contributed by atoms with Crippen molar-refractivity contribution in [2.75, 3.05) is 12.3 Å². The number of anilines is 1. The Labute approximate surface area is 253 Å². The maximum Gasteiger partial charge on any atom is 0.459 e. The van der Waals surface area contributed by atoms with Crippen molar-refractivity contribution in [2.24, 2.45) is 5.92 Å². The Morgan fingerprint density at radius 2 is 2.00 bits per heavy atom. The van der Waals surface area contributed by atoms with Crippen molar-refractivity contribution in [2.45, 2.75) is 62.4 Å². The number of nitrogens with one attached hydrogen (secondary N) is 1. The molecule has 0 spiro atoms. The van der Waals surface area contributed by atoms with Crippen molar-refractivity contribution in [1.82, 2.24) is 19.7 Å². The van der Waals surface area contributed by atoms with Gasteiger partial charge in [0.25, 0.3) is 0 Å². The third kappa shape index (κ3) is 5.40. The van der Waals surface area contributed by atoms with E-state index < -0.39 is 43.3 Å². The number of carbonyl (C=O) groups is 1. The van der Waals surface area contributed by atoms with Crippen molar-refractivity contribution in [3.05, 3.63) is 66.6 Å². The molecule has 2 fully saturated rings. The van der Waals surface area contributed by atoms with Gasteiger partial charge in [0, 0.05) is 11.3 Å². The lowest BCUT2D eigenvalue weighted by molar-refractivity contribution is -0.154. The van der Waals surface area contributed by atoms with Crippen molar-refractivity contribution >= 4 is 35.8 Å². The third-order valence-corrected chi connectivity index (χ3v) is 10.1. The second-order valence-corrected chi connectivity index (χ2v) is 13.0. The van der Waals surface area contributed by atoms with Crippen molar-refractivity contribution < 1.29 is 33.4 Å². The number of benzene rings is 2. The van der Waals surface area contributed by atoms with E-state index >= 15 is 0 Å². The molecule has 2 heterocycles. The van der Waals surface area contributed by atoms with Crippen LogP contribution >= 0.6 is 7.75 Å². The second-order valence-electron chi connectivity index (χ2n) is 11.3. The first kappa shape index (κ1) is 30.0.